The van der Waals surface area contributed by atoms with Crippen LogP contribution in [0.1, 0.15) is 0 Å². The number of ether oxygens (including phenoxy) is 1. The van der Waals surface area contributed by atoms with Crippen molar-refractivity contribution in [2.75, 3.05) is 45.7 Å². The Labute approximate surface area is 168 Å². The molecule has 0 saturated carbocycles. The summed E-state index contributed by atoms with van der Waals surface area (Å²) >= 11 is 1.52. The van der Waals surface area contributed by atoms with Crippen molar-refractivity contribution in [1.29, 1.82) is 0 Å². The van der Waals surface area contributed by atoms with Crippen LogP contribution in [0.3, 0.4) is 0 Å². The number of piperazine rings is 1. The molecule has 1 aliphatic heterocycles. The lowest BCUT2D eigenvalue weighted by molar-refractivity contribution is -0.115. The Hall–Kier alpha value is -2.61. The minimum atomic E-state index is -0.462. The highest BCUT2D eigenvalue weighted by Crippen LogP contribution is 2.41. The lowest BCUT2D eigenvalue weighted by atomic mass is 10.0. The molecule has 1 aliphatic rings. The summed E-state index contributed by atoms with van der Waals surface area (Å²) in [6.07, 6.45) is -0.462. The van der Waals surface area contributed by atoms with Gasteiger partial charge in [0.2, 0.25) is 0 Å². The number of fused-ring (bicyclic) bond motifs is 1. The van der Waals surface area contributed by atoms with Crippen molar-refractivity contribution in [1.82, 2.24) is 9.96 Å². The van der Waals surface area contributed by atoms with Gasteiger partial charge >= 0.3 is 6.09 Å². The number of rotatable bonds is 4. The molecule has 7 heteroatoms. The zero-order valence-corrected chi connectivity index (χ0v) is 16.8. The Morgan fingerprint density at radius 3 is 2.54 bits per heavy atom. The number of carbonyl (C=O) groups is 1. The number of thiophene rings is 1. The first-order valence-electron chi connectivity index (χ1n) is 9.22. The molecule has 0 unspecified atom stereocenters. The Kier molecular flexibility index (Phi) is 5.47. The van der Waals surface area contributed by atoms with Crippen LogP contribution in [0.2, 0.25) is 0 Å². The van der Waals surface area contributed by atoms with E-state index in [-0.39, 0.29) is 0 Å². The second-order valence-electron chi connectivity index (χ2n) is 6.77. The third-order valence-corrected chi connectivity index (χ3v) is 5.93. The van der Waals surface area contributed by atoms with Crippen LogP contribution in [0.5, 0.6) is 5.75 Å². The zero-order valence-electron chi connectivity index (χ0n) is 16.0. The Balaban J connectivity index is 1.57. The Bertz CT molecular complexity index is 966. The molecule has 4 rings (SSSR count). The van der Waals surface area contributed by atoms with E-state index in [0.29, 0.717) is 13.1 Å². The number of nitrogens with zero attached hydrogens (tertiary/aromatic N) is 2. The molecule has 1 aromatic heterocycles. The van der Waals surface area contributed by atoms with Crippen molar-refractivity contribution >= 4 is 32.5 Å². The number of hydroxylamine groups is 2. The fourth-order valence-corrected chi connectivity index (χ4v) is 4.40. The molecule has 2 aromatic carbocycles. The van der Waals surface area contributed by atoms with E-state index in [0.717, 1.165) is 45.1 Å². The predicted octanol–water partition coefficient (Wildman–Crippen LogP) is 4.29. The average Bonchev–Trinajstić information content (AvgIpc) is 3.13. The number of anilines is 1. The van der Waals surface area contributed by atoms with Crippen molar-refractivity contribution in [2.45, 2.75) is 0 Å². The number of methoxy groups -OCH3 is 1. The highest BCUT2D eigenvalue weighted by molar-refractivity contribution is 7.23. The maximum Gasteiger partial charge on any atom is 0.431 e. The maximum atomic E-state index is 12.3. The summed E-state index contributed by atoms with van der Waals surface area (Å²) in [6.45, 7) is 3.19. The van der Waals surface area contributed by atoms with E-state index in [2.05, 4.69) is 35.5 Å². The van der Waals surface area contributed by atoms with Crippen molar-refractivity contribution in [2.24, 2.45) is 0 Å². The summed E-state index contributed by atoms with van der Waals surface area (Å²) in [6, 6.07) is 16.2. The minimum Gasteiger partial charge on any atom is -0.496 e. The molecule has 1 saturated heterocycles. The van der Waals surface area contributed by atoms with E-state index in [4.69, 9.17) is 9.57 Å². The van der Waals surface area contributed by atoms with Gasteiger partial charge in [0.05, 0.1) is 12.1 Å². The zero-order chi connectivity index (χ0) is 19.5. The van der Waals surface area contributed by atoms with Gasteiger partial charge in [0.1, 0.15) is 5.75 Å². The van der Waals surface area contributed by atoms with Crippen molar-refractivity contribution in [3.05, 3.63) is 48.5 Å². The van der Waals surface area contributed by atoms with E-state index >= 15 is 0 Å². The predicted molar refractivity (Wildman–Crippen MR) is 113 cm³/mol. The second kappa shape index (κ2) is 8.18. The van der Waals surface area contributed by atoms with Crippen LogP contribution in [0.25, 0.3) is 21.2 Å². The van der Waals surface area contributed by atoms with Crippen LogP contribution < -0.4 is 10.1 Å². The Morgan fingerprint density at radius 1 is 1.07 bits per heavy atom. The molecule has 3 aromatic rings. The van der Waals surface area contributed by atoms with Crippen LogP contribution in [-0.2, 0) is 4.84 Å². The van der Waals surface area contributed by atoms with Gasteiger partial charge in [0, 0.05) is 36.3 Å². The summed E-state index contributed by atoms with van der Waals surface area (Å²) in [5.41, 5.74) is 2.24. The van der Waals surface area contributed by atoms with E-state index in [1.165, 1.54) is 11.3 Å². The first-order valence-corrected chi connectivity index (χ1v) is 10.0. The van der Waals surface area contributed by atoms with Gasteiger partial charge in [0.25, 0.3) is 0 Å². The molecule has 0 aliphatic carbocycles. The lowest BCUT2D eigenvalue weighted by Crippen LogP contribution is -2.45. The standard InChI is InChI=1S/C21H23N3O3S/c1-23-10-12-24(13-11-23)27-21(25)22-19-14-17-18(26-2)9-8-16(20(17)28-19)15-6-4-3-5-7-15/h3-9,14H,10-13H2,1-2H3,(H,22,25). The van der Waals surface area contributed by atoms with Gasteiger partial charge in [-0.25, -0.2) is 4.79 Å². The number of hydrogen-bond donors (Lipinski definition) is 1. The van der Waals surface area contributed by atoms with Gasteiger partial charge in [-0.15, -0.1) is 16.4 Å². The summed E-state index contributed by atoms with van der Waals surface area (Å²) in [4.78, 5) is 20.0. The minimum absolute atomic E-state index is 0.462. The van der Waals surface area contributed by atoms with E-state index in [1.807, 2.05) is 30.3 Å². The molecule has 1 fully saturated rings. The third-order valence-electron chi connectivity index (χ3n) is 4.85. The molecular weight excluding hydrogens is 374 g/mol. The van der Waals surface area contributed by atoms with Gasteiger partial charge in [0.15, 0.2) is 0 Å². The number of carbonyl (C=O) groups excluding carboxylic acids is 1. The SMILES string of the molecule is COc1ccc(-c2ccccc2)c2sc(NC(=O)ON3CCN(C)CC3)cc12. The van der Waals surface area contributed by atoms with Gasteiger partial charge in [-0.1, -0.05) is 30.3 Å². The van der Waals surface area contributed by atoms with Crippen LogP contribution >= 0.6 is 11.3 Å². The summed E-state index contributed by atoms with van der Waals surface area (Å²) in [5.74, 6) is 0.784. The average molecular weight is 398 g/mol. The quantitative estimate of drug-likeness (QED) is 0.712. The monoisotopic (exact) mass is 397 g/mol. The number of benzene rings is 2. The normalized spacial score (nSPS) is 15.5. The van der Waals surface area contributed by atoms with E-state index in [9.17, 15) is 4.79 Å². The molecule has 146 valence electrons. The summed E-state index contributed by atoms with van der Waals surface area (Å²) < 4.78 is 6.59. The van der Waals surface area contributed by atoms with Gasteiger partial charge in [-0.05, 0) is 36.4 Å². The smallest absolute Gasteiger partial charge is 0.431 e. The molecule has 1 amide bonds. The topological polar surface area (TPSA) is 54.0 Å². The van der Waals surface area contributed by atoms with Crippen LogP contribution in [0, 0.1) is 0 Å². The van der Waals surface area contributed by atoms with Crippen molar-refractivity contribution in [3.63, 3.8) is 0 Å². The van der Waals surface area contributed by atoms with Gasteiger partial charge in [-0.3, -0.25) is 5.32 Å². The summed E-state index contributed by atoms with van der Waals surface area (Å²) in [7, 11) is 3.72. The number of amides is 1. The van der Waals surface area contributed by atoms with Gasteiger partial charge < -0.3 is 14.5 Å². The first kappa shape index (κ1) is 18.7. The van der Waals surface area contributed by atoms with Crippen molar-refractivity contribution < 1.29 is 14.4 Å². The first-order chi connectivity index (χ1) is 13.6. The fourth-order valence-electron chi connectivity index (χ4n) is 3.30. The molecule has 2 heterocycles. The highest BCUT2D eigenvalue weighted by atomic mass is 32.1. The van der Waals surface area contributed by atoms with Gasteiger partial charge in [-0.2, -0.15) is 0 Å². The molecular formula is C21H23N3O3S. The molecule has 6 nitrogen and oxygen atoms in total. The molecule has 1 N–H and O–H groups in total. The van der Waals surface area contributed by atoms with E-state index in [1.54, 1.807) is 12.2 Å². The van der Waals surface area contributed by atoms with Crippen molar-refractivity contribution in [3.8, 4) is 16.9 Å². The summed E-state index contributed by atoms with van der Waals surface area (Å²) in [5, 5.41) is 6.28. The maximum absolute atomic E-state index is 12.3. The highest BCUT2D eigenvalue weighted by Gasteiger charge is 2.19. The molecule has 0 atom stereocenters. The Morgan fingerprint density at radius 2 is 1.82 bits per heavy atom. The largest absolute Gasteiger partial charge is 0.496 e. The second-order valence-corrected chi connectivity index (χ2v) is 7.82. The van der Waals surface area contributed by atoms with Crippen LogP contribution in [0.4, 0.5) is 9.80 Å². The van der Waals surface area contributed by atoms with Crippen LogP contribution in [0.15, 0.2) is 48.5 Å². The number of likely N-dealkylation sites (N-methyl/N-ethyl adjacent to an activating group) is 1. The number of hydrogen-bond acceptors (Lipinski definition) is 6. The fraction of sp³-hybridized carbons (Fsp3) is 0.286. The third kappa shape index (κ3) is 3.96. The lowest BCUT2D eigenvalue weighted by Gasteiger charge is -2.30. The molecule has 28 heavy (non-hydrogen) atoms. The van der Waals surface area contributed by atoms with E-state index < -0.39 is 6.09 Å². The number of nitrogens with one attached hydrogen (secondary N) is 1. The molecule has 0 radical (unpaired) electrons. The molecule has 0 bridgehead atoms. The van der Waals surface area contributed by atoms with Crippen LogP contribution in [-0.4, -0.2) is 56.4 Å². The molecule has 0 spiro atoms.